The number of nitrogens with zero attached hydrogens (tertiary/aromatic N) is 2. The maximum absolute atomic E-state index is 12.7. The minimum Gasteiger partial charge on any atom is -0.330 e. The van der Waals surface area contributed by atoms with Crippen molar-refractivity contribution >= 4 is 17.4 Å². The molecule has 2 aromatic heterocycles. The van der Waals surface area contributed by atoms with Crippen LogP contribution < -0.4 is 5.32 Å². The van der Waals surface area contributed by atoms with Gasteiger partial charge in [0.1, 0.15) is 0 Å². The van der Waals surface area contributed by atoms with E-state index in [-0.39, 0.29) is 18.1 Å². The third kappa shape index (κ3) is 2.86. The number of carbonyl (C=O) groups is 1. The zero-order valence-corrected chi connectivity index (χ0v) is 13.8. The fraction of sp³-hybridized carbons (Fsp3) is 0.412. The molecule has 0 aromatic carbocycles. The summed E-state index contributed by atoms with van der Waals surface area (Å²) in [5.74, 6) is 0. The summed E-state index contributed by atoms with van der Waals surface area (Å²) >= 11 is 1.80. The molecule has 3 heterocycles. The van der Waals surface area contributed by atoms with E-state index in [0.29, 0.717) is 0 Å². The van der Waals surface area contributed by atoms with Crippen LogP contribution >= 0.6 is 11.3 Å². The van der Waals surface area contributed by atoms with Gasteiger partial charge in [0.25, 0.3) is 0 Å². The van der Waals surface area contributed by atoms with Crippen LogP contribution in [0.1, 0.15) is 48.5 Å². The summed E-state index contributed by atoms with van der Waals surface area (Å²) in [6.07, 6.45) is 3.65. The van der Waals surface area contributed by atoms with Gasteiger partial charge in [0.05, 0.1) is 17.8 Å². The highest BCUT2D eigenvalue weighted by Crippen LogP contribution is 2.35. The van der Waals surface area contributed by atoms with Gasteiger partial charge in [-0.3, -0.25) is 4.98 Å². The third-order valence-corrected chi connectivity index (χ3v) is 5.21. The average molecular weight is 315 g/mol. The van der Waals surface area contributed by atoms with E-state index < -0.39 is 0 Å². The van der Waals surface area contributed by atoms with Crippen LogP contribution in [0, 0.1) is 0 Å². The van der Waals surface area contributed by atoms with Gasteiger partial charge in [0.2, 0.25) is 0 Å². The number of rotatable bonds is 3. The lowest BCUT2D eigenvalue weighted by Gasteiger charge is -2.36. The Bertz CT molecular complexity index is 640. The van der Waals surface area contributed by atoms with Crippen LogP contribution in [0.2, 0.25) is 0 Å². The minimum atomic E-state index is -0.0879. The topological polar surface area (TPSA) is 45.2 Å². The molecule has 0 bridgehead atoms. The molecule has 1 N–H and O–H groups in total. The second-order valence-corrected chi connectivity index (χ2v) is 6.59. The number of urea groups is 1. The Balaban J connectivity index is 1.72. The lowest BCUT2D eigenvalue weighted by Crippen LogP contribution is -2.45. The van der Waals surface area contributed by atoms with Crippen LogP contribution in [0.3, 0.4) is 0 Å². The summed E-state index contributed by atoms with van der Waals surface area (Å²) in [5.41, 5.74) is 2.21. The maximum atomic E-state index is 12.7. The SMILES string of the molecule is CC[C@H]1c2ccsc2CCN1C(=O)N[C@H](C)c1ccccn1. The highest BCUT2D eigenvalue weighted by Gasteiger charge is 2.30. The van der Waals surface area contributed by atoms with E-state index in [9.17, 15) is 4.79 Å². The Kier molecular flexibility index (Phi) is 4.43. The monoisotopic (exact) mass is 315 g/mol. The first kappa shape index (κ1) is 15.0. The smallest absolute Gasteiger partial charge is 0.318 e. The molecule has 5 heteroatoms. The molecule has 0 fully saturated rings. The first-order chi connectivity index (χ1) is 10.7. The van der Waals surface area contributed by atoms with Crippen LogP contribution in [0.4, 0.5) is 4.79 Å². The van der Waals surface area contributed by atoms with Crippen LogP contribution in [0.5, 0.6) is 0 Å². The number of carbonyl (C=O) groups excluding carboxylic acids is 1. The van der Waals surface area contributed by atoms with Crippen molar-refractivity contribution in [2.45, 2.75) is 38.8 Å². The predicted molar refractivity (Wildman–Crippen MR) is 88.9 cm³/mol. The summed E-state index contributed by atoms with van der Waals surface area (Å²) in [5, 5.41) is 5.21. The number of fused-ring (bicyclic) bond motifs is 1. The van der Waals surface area contributed by atoms with Gasteiger partial charge in [-0.05, 0) is 48.9 Å². The van der Waals surface area contributed by atoms with E-state index in [1.54, 1.807) is 17.5 Å². The summed E-state index contributed by atoms with van der Waals surface area (Å²) in [6.45, 7) is 4.90. The molecule has 0 aliphatic carbocycles. The molecule has 0 saturated heterocycles. The molecule has 2 amide bonds. The first-order valence-electron chi connectivity index (χ1n) is 7.75. The summed E-state index contributed by atoms with van der Waals surface area (Å²) in [7, 11) is 0. The Hall–Kier alpha value is -1.88. The molecule has 0 spiro atoms. The second-order valence-electron chi connectivity index (χ2n) is 5.59. The Morgan fingerprint density at radius 3 is 3.09 bits per heavy atom. The van der Waals surface area contributed by atoms with Gasteiger partial charge in [-0.2, -0.15) is 0 Å². The van der Waals surface area contributed by atoms with Crippen molar-refractivity contribution in [3.63, 3.8) is 0 Å². The maximum Gasteiger partial charge on any atom is 0.318 e. The van der Waals surface area contributed by atoms with Crippen LogP contribution in [0.25, 0.3) is 0 Å². The Morgan fingerprint density at radius 1 is 1.50 bits per heavy atom. The largest absolute Gasteiger partial charge is 0.330 e. The van der Waals surface area contributed by atoms with Crippen molar-refractivity contribution in [3.05, 3.63) is 52.0 Å². The van der Waals surface area contributed by atoms with E-state index in [1.165, 1.54) is 10.4 Å². The number of hydrogen-bond donors (Lipinski definition) is 1. The molecule has 116 valence electrons. The van der Waals surface area contributed by atoms with Crippen LogP contribution in [-0.4, -0.2) is 22.5 Å². The van der Waals surface area contributed by atoms with Crippen molar-refractivity contribution in [1.29, 1.82) is 0 Å². The number of nitrogens with one attached hydrogen (secondary N) is 1. The van der Waals surface area contributed by atoms with Crippen LogP contribution in [0.15, 0.2) is 35.8 Å². The van der Waals surface area contributed by atoms with E-state index in [2.05, 4.69) is 28.7 Å². The van der Waals surface area contributed by atoms with E-state index >= 15 is 0 Å². The number of thiophene rings is 1. The van der Waals surface area contributed by atoms with Gasteiger partial charge in [0.15, 0.2) is 0 Å². The first-order valence-corrected chi connectivity index (χ1v) is 8.63. The molecule has 4 nitrogen and oxygen atoms in total. The Morgan fingerprint density at radius 2 is 2.36 bits per heavy atom. The molecular formula is C17H21N3OS. The van der Waals surface area contributed by atoms with E-state index in [0.717, 1.165) is 25.1 Å². The zero-order valence-electron chi connectivity index (χ0n) is 13.0. The average Bonchev–Trinajstić information content (AvgIpc) is 3.03. The molecule has 0 saturated carbocycles. The standard InChI is InChI=1S/C17H21N3OS/c1-3-15-13-8-11-22-16(13)7-10-20(15)17(21)19-12(2)14-6-4-5-9-18-14/h4-6,8-9,11-12,15H,3,7,10H2,1-2H3,(H,19,21)/t12-,15+/m1/s1. The second kappa shape index (κ2) is 6.48. The summed E-state index contributed by atoms with van der Waals surface area (Å²) in [6, 6.07) is 8.03. The quantitative estimate of drug-likeness (QED) is 0.933. The number of hydrogen-bond acceptors (Lipinski definition) is 3. The van der Waals surface area contributed by atoms with Crippen molar-refractivity contribution in [1.82, 2.24) is 15.2 Å². The number of amides is 2. The lowest BCUT2D eigenvalue weighted by molar-refractivity contribution is 0.165. The fourth-order valence-corrected chi connectivity index (χ4v) is 3.98. The molecule has 0 radical (unpaired) electrons. The third-order valence-electron chi connectivity index (χ3n) is 4.21. The van der Waals surface area contributed by atoms with Crippen molar-refractivity contribution in [2.75, 3.05) is 6.54 Å². The van der Waals surface area contributed by atoms with Gasteiger partial charge >= 0.3 is 6.03 Å². The van der Waals surface area contributed by atoms with Gasteiger partial charge in [-0.1, -0.05) is 13.0 Å². The normalized spacial score (nSPS) is 18.6. The fourth-order valence-electron chi connectivity index (χ4n) is 3.05. The molecule has 2 atom stereocenters. The van der Waals surface area contributed by atoms with Gasteiger partial charge < -0.3 is 10.2 Å². The molecule has 0 unspecified atom stereocenters. The molecular weight excluding hydrogens is 294 g/mol. The highest BCUT2D eigenvalue weighted by atomic mass is 32.1. The predicted octanol–water partition coefficient (Wildman–Crippen LogP) is 3.92. The van der Waals surface area contributed by atoms with E-state index in [4.69, 9.17) is 0 Å². The molecule has 1 aliphatic heterocycles. The lowest BCUT2D eigenvalue weighted by atomic mass is 9.98. The number of pyridine rings is 1. The zero-order chi connectivity index (χ0) is 15.5. The Labute approximate surface area is 135 Å². The van der Waals surface area contributed by atoms with Crippen molar-refractivity contribution in [2.24, 2.45) is 0 Å². The molecule has 2 aromatic rings. The highest BCUT2D eigenvalue weighted by molar-refractivity contribution is 7.10. The van der Waals surface area contributed by atoms with E-state index in [1.807, 2.05) is 30.0 Å². The molecule has 1 aliphatic rings. The summed E-state index contributed by atoms with van der Waals surface area (Å²) < 4.78 is 0. The van der Waals surface area contributed by atoms with Gasteiger partial charge in [-0.25, -0.2) is 4.79 Å². The summed E-state index contributed by atoms with van der Waals surface area (Å²) in [4.78, 5) is 20.4. The van der Waals surface area contributed by atoms with Crippen molar-refractivity contribution in [3.8, 4) is 0 Å². The minimum absolute atomic E-state index is 0.00172. The number of aromatic nitrogens is 1. The molecule has 3 rings (SSSR count). The van der Waals surface area contributed by atoms with Crippen molar-refractivity contribution < 1.29 is 4.79 Å². The van der Waals surface area contributed by atoms with Gasteiger partial charge in [0, 0.05) is 17.6 Å². The van der Waals surface area contributed by atoms with Crippen LogP contribution in [-0.2, 0) is 6.42 Å². The molecule has 22 heavy (non-hydrogen) atoms. The van der Waals surface area contributed by atoms with Gasteiger partial charge in [-0.15, -0.1) is 11.3 Å².